The number of nitriles is 1. The summed E-state index contributed by atoms with van der Waals surface area (Å²) in [6, 6.07) is 8.00. The number of nitrogens with zero attached hydrogens (tertiary/aromatic N) is 2. The van der Waals surface area contributed by atoms with E-state index in [0.717, 1.165) is 25.2 Å². The molecule has 1 saturated heterocycles. The van der Waals surface area contributed by atoms with Crippen LogP contribution in [-0.4, -0.2) is 25.2 Å². The maximum Gasteiger partial charge on any atom is 0.143 e. The first kappa shape index (κ1) is 15.3. The number of anilines is 1. The van der Waals surface area contributed by atoms with Gasteiger partial charge in [-0.05, 0) is 43.9 Å². The lowest BCUT2D eigenvalue weighted by Crippen LogP contribution is -2.49. The van der Waals surface area contributed by atoms with E-state index in [2.05, 4.69) is 10.2 Å². The van der Waals surface area contributed by atoms with Gasteiger partial charge in [0.05, 0.1) is 5.56 Å². The second-order valence-corrected chi connectivity index (χ2v) is 6.56. The lowest BCUT2D eigenvalue weighted by atomic mass is 9.93. The Morgan fingerprint density at radius 3 is 2.59 bits per heavy atom. The third-order valence-electron chi connectivity index (χ3n) is 4.94. The number of halogens is 1. The minimum Gasteiger partial charge on any atom is -0.370 e. The molecule has 1 saturated carbocycles. The molecule has 1 heterocycles. The fraction of sp³-hybridized carbons (Fsp3) is 0.611. The predicted molar refractivity (Wildman–Crippen MR) is 86.4 cm³/mol. The number of piperidine rings is 1. The summed E-state index contributed by atoms with van der Waals surface area (Å²) in [5.41, 5.74) is 1.02. The Kier molecular flexibility index (Phi) is 4.94. The summed E-state index contributed by atoms with van der Waals surface area (Å²) in [7, 11) is 0. The molecule has 3 nitrogen and oxygen atoms in total. The van der Waals surface area contributed by atoms with E-state index in [9.17, 15) is 4.39 Å². The van der Waals surface area contributed by atoms with Gasteiger partial charge in [-0.25, -0.2) is 4.39 Å². The molecule has 0 aromatic heterocycles. The third-order valence-corrected chi connectivity index (χ3v) is 4.94. The zero-order chi connectivity index (χ0) is 15.4. The van der Waals surface area contributed by atoms with Gasteiger partial charge in [-0.15, -0.1) is 0 Å². The van der Waals surface area contributed by atoms with Crippen LogP contribution in [0, 0.1) is 17.1 Å². The van der Waals surface area contributed by atoms with Gasteiger partial charge < -0.3 is 10.2 Å². The van der Waals surface area contributed by atoms with Gasteiger partial charge in [0.2, 0.25) is 0 Å². The van der Waals surface area contributed by atoms with Crippen LogP contribution < -0.4 is 10.2 Å². The highest BCUT2D eigenvalue weighted by Crippen LogP contribution is 2.24. The molecule has 0 spiro atoms. The maximum atomic E-state index is 13.8. The molecule has 1 aliphatic heterocycles. The first-order valence-electron chi connectivity index (χ1n) is 8.47. The molecular formula is C18H24FN3. The van der Waals surface area contributed by atoms with Crippen molar-refractivity contribution in [1.29, 1.82) is 5.26 Å². The number of rotatable bonds is 3. The normalized spacial score (nSPS) is 23.3. The van der Waals surface area contributed by atoms with Crippen LogP contribution >= 0.6 is 0 Å². The van der Waals surface area contributed by atoms with E-state index in [4.69, 9.17) is 5.26 Å². The first-order chi connectivity index (χ1) is 10.8. The zero-order valence-electron chi connectivity index (χ0n) is 13.0. The highest BCUT2D eigenvalue weighted by Gasteiger charge is 2.24. The number of hydrogen-bond donors (Lipinski definition) is 1. The SMILES string of the molecule is N#Cc1ccc(N2CCCC(NC3CCCCC3)C2)cc1F. The largest absolute Gasteiger partial charge is 0.370 e. The average Bonchev–Trinajstić information content (AvgIpc) is 2.56. The van der Waals surface area contributed by atoms with Crippen molar-refractivity contribution in [2.45, 2.75) is 57.0 Å². The highest BCUT2D eigenvalue weighted by atomic mass is 19.1. The van der Waals surface area contributed by atoms with Crippen molar-refractivity contribution in [2.75, 3.05) is 18.0 Å². The van der Waals surface area contributed by atoms with Crippen LogP contribution in [0.15, 0.2) is 18.2 Å². The van der Waals surface area contributed by atoms with E-state index in [0.29, 0.717) is 12.1 Å². The average molecular weight is 301 g/mol. The summed E-state index contributed by atoms with van der Waals surface area (Å²) in [5.74, 6) is -0.414. The number of benzene rings is 1. The van der Waals surface area contributed by atoms with E-state index < -0.39 is 5.82 Å². The number of hydrogen-bond acceptors (Lipinski definition) is 3. The molecule has 1 N–H and O–H groups in total. The molecule has 2 aliphatic rings. The molecule has 0 bridgehead atoms. The van der Waals surface area contributed by atoms with Gasteiger partial charge >= 0.3 is 0 Å². The van der Waals surface area contributed by atoms with Gasteiger partial charge in [0.1, 0.15) is 11.9 Å². The van der Waals surface area contributed by atoms with Gasteiger partial charge in [0.25, 0.3) is 0 Å². The van der Waals surface area contributed by atoms with Crippen LogP contribution in [0.5, 0.6) is 0 Å². The molecule has 3 rings (SSSR count). The standard InChI is InChI=1S/C18H24FN3/c19-18-11-17(9-8-14(18)12-20)22-10-4-7-16(13-22)21-15-5-2-1-3-6-15/h8-9,11,15-16,21H,1-7,10,13H2. The molecule has 1 aliphatic carbocycles. The van der Waals surface area contributed by atoms with Crippen molar-refractivity contribution < 1.29 is 4.39 Å². The van der Waals surface area contributed by atoms with Crippen molar-refractivity contribution in [3.05, 3.63) is 29.6 Å². The predicted octanol–water partition coefficient (Wildman–Crippen LogP) is 3.59. The summed E-state index contributed by atoms with van der Waals surface area (Å²) >= 11 is 0. The Labute approximate surface area is 132 Å². The molecule has 0 radical (unpaired) electrons. The second-order valence-electron chi connectivity index (χ2n) is 6.56. The van der Waals surface area contributed by atoms with Gasteiger partial charge in [-0.2, -0.15) is 5.26 Å². The smallest absolute Gasteiger partial charge is 0.143 e. The van der Waals surface area contributed by atoms with Gasteiger partial charge in [0.15, 0.2) is 0 Å². The lowest BCUT2D eigenvalue weighted by molar-refractivity contribution is 0.312. The van der Waals surface area contributed by atoms with E-state index >= 15 is 0 Å². The molecule has 22 heavy (non-hydrogen) atoms. The second kappa shape index (κ2) is 7.11. The van der Waals surface area contributed by atoms with Gasteiger partial charge in [-0.1, -0.05) is 19.3 Å². The van der Waals surface area contributed by atoms with Gasteiger partial charge in [-0.3, -0.25) is 0 Å². The first-order valence-corrected chi connectivity index (χ1v) is 8.47. The zero-order valence-corrected chi connectivity index (χ0v) is 13.0. The van der Waals surface area contributed by atoms with Crippen LogP contribution in [-0.2, 0) is 0 Å². The molecule has 2 fully saturated rings. The molecule has 1 aromatic rings. The van der Waals surface area contributed by atoms with Crippen LogP contribution in [0.3, 0.4) is 0 Å². The van der Waals surface area contributed by atoms with Crippen LogP contribution in [0.1, 0.15) is 50.5 Å². The molecule has 1 atom stereocenters. The summed E-state index contributed by atoms with van der Waals surface area (Å²) in [6.07, 6.45) is 8.98. The fourth-order valence-electron chi connectivity index (χ4n) is 3.74. The molecule has 4 heteroatoms. The summed E-state index contributed by atoms with van der Waals surface area (Å²) in [4.78, 5) is 2.24. The Morgan fingerprint density at radius 2 is 1.86 bits per heavy atom. The monoisotopic (exact) mass is 301 g/mol. The topological polar surface area (TPSA) is 39.1 Å². The summed E-state index contributed by atoms with van der Waals surface area (Å²) in [5, 5.41) is 12.6. The molecule has 1 aromatic carbocycles. The molecule has 1 unspecified atom stereocenters. The molecule has 0 amide bonds. The van der Waals surface area contributed by atoms with Crippen LogP contribution in [0.2, 0.25) is 0 Å². The highest BCUT2D eigenvalue weighted by molar-refractivity contribution is 5.51. The summed E-state index contributed by atoms with van der Waals surface area (Å²) in [6.45, 7) is 1.90. The number of nitrogens with one attached hydrogen (secondary N) is 1. The third kappa shape index (κ3) is 3.59. The van der Waals surface area contributed by atoms with E-state index in [1.165, 1.54) is 44.6 Å². The minimum atomic E-state index is -0.414. The van der Waals surface area contributed by atoms with Crippen molar-refractivity contribution in [3.8, 4) is 6.07 Å². The van der Waals surface area contributed by atoms with Gasteiger partial charge in [0, 0.05) is 30.9 Å². The quantitative estimate of drug-likeness (QED) is 0.927. The van der Waals surface area contributed by atoms with E-state index in [1.54, 1.807) is 6.07 Å². The molecule has 118 valence electrons. The van der Waals surface area contributed by atoms with E-state index in [-0.39, 0.29) is 5.56 Å². The van der Waals surface area contributed by atoms with Crippen molar-refractivity contribution in [3.63, 3.8) is 0 Å². The summed E-state index contributed by atoms with van der Waals surface area (Å²) < 4.78 is 13.8. The Bertz CT molecular complexity index is 546. The fourth-order valence-corrected chi connectivity index (χ4v) is 3.74. The van der Waals surface area contributed by atoms with Crippen LogP contribution in [0.4, 0.5) is 10.1 Å². The maximum absolute atomic E-state index is 13.8. The van der Waals surface area contributed by atoms with E-state index in [1.807, 2.05) is 12.1 Å². The van der Waals surface area contributed by atoms with Crippen LogP contribution in [0.25, 0.3) is 0 Å². The Balaban J connectivity index is 1.62. The Hall–Kier alpha value is -1.60. The van der Waals surface area contributed by atoms with Crippen molar-refractivity contribution in [2.24, 2.45) is 0 Å². The van der Waals surface area contributed by atoms with Crippen molar-refractivity contribution >= 4 is 5.69 Å². The van der Waals surface area contributed by atoms with Crippen molar-refractivity contribution in [1.82, 2.24) is 5.32 Å². The Morgan fingerprint density at radius 1 is 1.09 bits per heavy atom. The molecular weight excluding hydrogens is 277 g/mol. The lowest BCUT2D eigenvalue weighted by Gasteiger charge is -2.37. The minimum absolute atomic E-state index is 0.123.